The molecule has 2 aromatic rings. The molecule has 0 saturated heterocycles. The quantitative estimate of drug-likeness (QED) is 0.704. The molecule has 0 aliphatic rings. The van der Waals surface area contributed by atoms with Gasteiger partial charge in [0.2, 0.25) is 5.56 Å². The smallest absolute Gasteiger partial charge is 0.212 e. The predicted molar refractivity (Wildman–Crippen MR) is 75.2 cm³/mol. The second-order valence-electron chi connectivity index (χ2n) is 3.70. The third-order valence-electron chi connectivity index (χ3n) is 2.61. The SMILES string of the molecule is COc1ccc(-c2[c-]cc(Cl)c(=O)n2C)c(Br)c1.[Y]. The minimum absolute atomic E-state index is 0. The summed E-state index contributed by atoms with van der Waals surface area (Å²) in [5, 5.41) is 0.158. The number of methoxy groups -OCH3 is 1. The van der Waals surface area contributed by atoms with E-state index in [4.69, 9.17) is 16.3 Å². The molecule has 1 aromatic carbocycles. The fraction of sp³-hybridized carbons (Fsp3) is 0.154. The molecule has 0 bridgehead atoms. The van der Waals surface area contributed by atoms with Crippen molar-refractivity contribution in [2.24, 2.45) is 7.05 Å². The zero-order valence-electron chi connectivity index (χ0n) is 10.4. The molecule has 0 aliphatic heterocycles. The zero-order chi connectivity index (χ0) is 13.3. The Hall–Kier alpha value is -0.156. The number of ether oxygens (including phenoxy) is 1. The fourth-order valence-electron chi connectivity index (χ4n) is 1.63. The van der Waals surface area contributed by atoms with Gasteiger partial charge in [0, 0.05) is 44.8 Å². The molecule has 1 aromatic heterocycles. The summed E-state index contributed by atoms with van der Waals surface area (Å²) in [4.78, 5) is 11.8. The summed E-state index contributed by atoms with van der Waals surface area (Å²) in [6.07, 6.45) is 0. The molecule has 0 unspecified atom stereocenters. The molecule has 0 fully saturated rings. The molecule has 1 radical (unpaired) electrons. The first-order valence-corrected chi connectivity index (χ1v) is 6.33. The Morgan fingerprint density at radius 2 is 2.11 bits per heavy atom. The van der Waals surface area contributed by atoms with E-state index in [9.17, 15) is 4.79 Å². The topological polar surface area (TPSA) is 31.2 Å². The molecular formula is C13H10BrClNO2Y-. The van der Waals surface area contributed by atoms with Crippen LogP contribution in [-0.2, 0) is 39.8 Å². The standard InChI is InChI=1S/C13H10BrClNO2.Y/c1-16-12(6-5-11(15)13(16)17)9-4-3-8(18-2)7-10(9)14;/h3-5,7H,1-2H3;/q-1;. The summed E-state index contributed by atoms with van der Waals surface area (Å²) in [5.41, 5.74) is 1.28. The van der Waals surface area contributed by atoms with Crippen LogP contribution < -0.4 is 10.3 Å². The van der Waals surface area contributed by atoms with Gasteiger partial charge in [-0.05, 0) is 16.6 Å². The van der Waals surface area contributed by atoms with Gasteiger partial charge in [-0.15, -0.1) is 6.07 Å². The molecule has 0 atom stereocenters. The van der Waals surface area contributed by atoms with Crippen molar-refractivity contribution in [3.63, 3.8) is 0 Å². The van der Waals surface area contributed by atoms with Gasteiger partial charge in [0.15, 0.2) is 0 Å². The van der Waals surface area contributed by atoms with Crippen LogP contribution in [-0.4, -0.2) is 11.7 Å². The van der Waals surface area contributed by atoms with Gasteiger partial charge in [-0.1, -0.05) is 27.2 Å². The number of benzene rings is 1. The van der Waals surface area contributed by atoms with Crippen LogP contribution in [0.4, 0.5) is 0 Å². The molecule has 0 aliphatic carbocycles. The number of halogens is 2. The Labute approximate surface area is 149 Å². The largest absolute Gasteiger partial charge is 0.497 e. The number of hydrogen-bond acceptors (Lipinski definition) is 2. The summed E-state index contributed by atoms with van der Waals surface area (Å²) in [6.45, 7) is 0. The first kappa shape index (κ1) is 16.9. The molecule has 0 spiro atoms. The summed E-state index contributed by atoms with van der Waals surface area (Å²) in [6, 6.07) is 10.0. The summed E-state index contributed by atoms with van der Waals surface area (Å²) < 4.78 is 7.43. The van der Waals surface area contributed by atoms with E-state index in [0.717, 1.165) is 15.8 Å². The van der Waals surface area contributed by atoms with Crippen LogP contribution in [0.1, 0.15) is 0 Å². The average molecular weight is 416 g/mol. The van der Waals surface area contributed by atoms with E-state index in [1.807, 2.05) is 18.2 Å². The van der Waals surface area contributed by atoms with Crippen molar-refractivity contribution in [3.05, 3.63) is 50.2 Å². The minimum atomic E-state index is -0.242. The van der Waals surface area contributed by atoms with Crippen LogP contribution in [0, 0.1) is 6.07 Å². The van der Waals surface area contributed by atoms with E-state index in [1.54, 1.807) is 14.2 Å². The van der Waals surface area contributed by atoms with Crippen molar-refractivity contribution in [2.45, 2.75) is 0 Å². The predicted octanol–water partition coefficient (Wildman–Crippen LogP) is 3.27. The monoisotopic (exact) mass is 415 g/mol. The van der Waals surface area contributed by atoms with E-state index >= 15 is 0 Å². The zero-order valence-corrected chi connectivity index (χ0v) is 15.6. The molecule has 97 valence electrons. The third-order valence-corrected chi connectivity index (χ3v) is 3.54. The molecule has 6 heteroatoms. The maximum atomic E-state index is 11.8. The van der Waals surface area contributed by atoms with Crippen LogP contribution in [0.2, 0.25) is 5.02 Å². The van der Waals surface area contributed by atoms with Gasteiger partial charge in [-0.2, -0.15) is 23.7 Å². The van der Waals surface area contributed by atoms with E-state index < -0.39 is 0 Å². The second-order valence-corrected chi connectivity index (χ2v) is 4.96. The number of pyridine rings is 1. The molecule has 0 N–H and O–H groups in total. The van der Waals surface area contributed by atoms with Gasteiger partial charge in [-0.3, -0.25) is 4.79 Å². The molecule has 2 rings (SSSR count). The van der Waals surface area contributed by atoms with Crippen molar-refractivity contribution in [1.29, 1.82) is 0 Å². The van der Waals surface area contributed by atoms with Crippen LogP contribution in [0.5, 0.6) is 5.75 Å². The maximum Gasteiger partial charge on any atom is 0.212 e. The van der Waals surface area contributed by atoms with Gasteiger partial charge in [-0.25, -0.2) is 0 Å². The Morgan fingerprint density at radius 3 is 2.68 bits per heavy atom. The van der Waals surface area contributed by atoms with Crippen molar-refractivity contribution >= 4 is 27.5 Å². The van der Waals surface area contributed by atoms with Crippen LogP contribution in [0.25, 0.3) is 11.3 Å². The van der Waals surface area contributed by atoms with E-state index in [0.29, 0.717) is 5.69 Å². The molecule has 19 heavy (non-hydrogen) atoms. The molecule has 3 nitrogen and oxygen atoms in total. The van der Waals surface area contributed by atoms with Gasteiger partial charge < -0.3 is 9.30 Å². The number of aromatic nitrogens is 1. The van der Waals surface area contributed by atoms with Crippen molar-refractivity contribution < 1.29 is 37.4 Å². The molecular weight excluding hydrogens is 406 g/mol. The van der Waals surface area contributed by atoms with Crippen LogP contribution in [0.15, 0.2) is 33.5 Å². The number of nitrogens with zero attached hydrogens (tertiary/aromatic N) is 1. The van der Waals surface area contributed by atoms with Gasteiger partial charge >= 0.3 is 0 Å². The first-order chi connectivity index (χ1) is 8.54. The third kappa shape index (κ3) is 3.49. The van der Waals surface area contributed by atoms with E-state index in [1.165, 1.54) is 10.6 Å². The van der Waals surface area contributed by atoms with Crippen molar-refractivity contribution in [1.82, 2.24) is 4.57 Å². The number of hydrogen-bond donors (Lipinski definition) is 0. The first-order valence-electron chi connectivity index (χ1n) is 5.15. The van der Waals surface area contributed by atoms with Gasteiger partial charge in [0.25, 0.3) is 0 Å². The van der Waals surface area contributed by atoms with E-state index in [-0.39, 0.29) is 43.3 Å². The molecule has 0 saturated carbocycles. The van der Waals surface area contributed by atoms with Crippen molar-refractivity contribution in [2.75, 3.05) is 7.11 Å². The second kappa shape index (κ2) is 7.03. The summed E-state index contributed by atoms with van der Waals surface area (Å²) in [7, 11) is 3.27. The number of rotatable bonds is 2. The Balaban J connectivity index is 0.00000180. The summed E-state index contributed by atoms with van der Waals surface area (Å²) >= 11 is 9.22. The fourth-order valence-corrected chi connectivity index (χ4v) is 2.35. The molecule has 1 heterocycles. The normalized spacial score (nSPS) is 9.89. The van der Waals surface area contributed by atoms with Gasteiger partial charge in [0.1, 0.15) is 5.75 Å². The Bertz CT molecular complexity index is 658. The maximum absolute atomic E-state index is 11.8. The summed E-state index contributed by atoms with van der Waals surface area (Å²) in [5.74, 6) is 0.740. The van der Waals surface area contributed by atoms with Crippen LogP contribution >= 0.6 is 27.5 Å². The molecule has 0 amide bonds. The van der Waals surface area contributed by atoms with Crippen molar-refractivity contribution in [3.8, 4) is 17.0 Å². The Kier molecular flexibility index (Phi) is 6.25. The van der Waals surface area contributed by atoms with Crippen LogP contribution in [0.3, 0.4) is 0 Å². The average Bonchev–Trinajstić information content (AvgIpc) is 2.37. The van der Waals surface area contributed by atoms with Gasteiger partial charge in [0.05, 0.1) is 7.11 Å². The van der Waals surface area contributed by atoms with E-state index in [2.05, 4.69) is 22.0 Å². The Morgan fingerprint density at radius 1 is 1.42 bits per heavy atom. The minimum Gasteiger partial charge on any atom is -0.497 e.